The van der Waals surface area contributed by atoms with Gasteiger partial charge < -0.3 is 5.73 Å². The van der Waals surface area contributed by atoms with Crippen LogP contribution in [0.15, 0.2) is 35.2 Å². The van der Waals surface area contributed by atoms with Crippen LogP contribution in [-0.4, -0.2) is 8.42 Å². The normalized spacial score (nSPS) is 11.4. The Labute approximate surface area is 141 Å². The van der Waals surface area contributed by atoms with E-state index in [-0.39, 0.29) is 30.7 Å². The van der Waals surface area contributed by atoms with Crippen LogP contribution in [0.4, 0.5) is 11.4 Å². The predicted octanol–water partition coefficient (Wildman–Crippen LogP) is 4.68. The lowest BCUT2D eigenvalue weighted by Crippen LogP contribution is -2.14. The molecule has 0 fully saturated rings. The summed E-state index contributed by atoms with van der Waals surface area (Å²) >= 11 is 23.4. The molecule has 2 aromatic rings. The molecule has 0 aliphatic rings. The molecule has 0 aromatic heterocycles. The van der Waals surface area contributed by atoms with Gasteiger partial charge in [-0.05, 0) is 30.3 Å². The smallest absolute Gasteiger partial charge is 0.264 e. The fourth-order valence-electron chi connectivity index (χ4n) is 1.58. The van der Waals surface area contributed by atoms with Crippen LogP contribution in [0, 0.1) is 0 Å². The lowest BCUT2D eigenvalue weighted by molar-refractivity contribution is 0.601. The maximum absolute atomic E-state index is 12.4. The fraction of sp³-hybridized carbons (Fsp3) is 0. The molecule has 0 bridgehead atoms. The van der Waals surface area contributed by atoms with Gasteiger partial charge in [-0.3, -0.25) is 4.72 Å². The van der Waals surface area contributed by atoms with Crippen LogP contribution in [0.5, 0.6) is 0 Å². The van der Waals surface area contributed by atoms with Gasteiger partial charge >= 0.3 is 0 Å². The number of anilines is 2. The quantitative estimate of drug-likeness (QED) is 0.753. The third-order valence-electron chi connectivity index (χ3n) is 2.48. The third-order valence-corrected chi connectivity index (χ3v) is 5.33. The molecule has 0 atom stereocenters. The van der Waals surface area contributed by atoms with E-state index in [1.807, 2.05) is 0 Å². The number of sulfonamides is 1. The Morgan fingerprint density at radius 2 is 1.48 bits per heavy atom. The van der Waals surface area contributed by atoms with Gasteiger partial charge in [-0.2, -0.15) is 0 Å². The van der Waals surface area contributed by atoms with E-state index in [2.05, 4.69) is 4.72 Å². The maximum Gasteiger partial charge on any atom is 0.264 e. The summed E-state index contributed by atoms with van der Waals surface area (Å²) < 4.78 is 27.0. The first-order valence-electron chi connectivity index (χ1n) is 5.43. The molecule has 0 unspecified atom stereocenters. The molecule has 0 aliphatic heterocycles. The van der Waals surface area contributed by atoms with Crippen LogP contribution in [-0.2, 0) is 10.0 Å². The summed E-state index contributed by atoms with van der Waals surface area (Å²) in [5.74, 6) is 0. The number of nitrogens with two attached hydrogens (primary N) is 1. The Morgan fingerprint density at radius 3 is 2.00 bits per heavy atom. The summed E-state index contributed by atoms with van der Waals surface area (Å²) in [6.07, 6.45) is 0. The van der Waals surface area contributed by atoms with E-state index in [9.17, 15) is 8.42 Å². The highest BCUT2D eigenvalue weighted by atomic mass is 35.5. The number of halogens is 4. The number of hydrogen-bond acceptors (Lipinski definition) is 3. The van der Waals surface area contributed by atoms with Gasteiger partial charge in [0.25, 0.3) is 10.0 Å². The summed E-state index contributed by atoms with van der Waals surface area (Å²) in [5.41, 5.74) is 6.13. The molecule has 2 rings (SSSR count). The van der Waals surface area contributed by atoms with Crippen molar-refractivity contribution in [2.75, 3.05) is 10.5 Å². The summed E-state index contributed by atoms with van der Waals surface area (Å²) in [7, 11) is -3.99. The molecule has 0 amide bonds. The summed E-state index contributed by atoms with van der Waals surface area (Å²) in [6, 6.07) is 6.91. The van der Waals surface area contributed by atoms with Crippen LogP contribution in [0.2, 0.25) is 20.1 Å². The van der Waals surface area contributed by atoms with Crippen molar-refractivity contribution in [2.24, 2.45) is 0 Å². The highest BCUT2D eigenvalue weighted by Gasteiger charge is 2.22. The van der Waals surface area contributed by atoms with Gasteiger partial charge in [0, 0.05) is 5.02 Å². The Hall–Kier alpha value is -0.850. The van der Waals surface area contributed by atoms with E-state index in [1.165, 1.54) is 30.3 Å². The number of nitrogens with one attached hydrogen (secondary N) is 1. The minimum absolute atomic E-state index is 0.0819. The van der Waals surface area contributed by atoms with E-state index in [4.69, 9.17) is 52.1 Å². The third kappa shape index (κ3) is 3.67. The lowest BCUT2D eigenvalue weighted by atomic mass is 10.3. The Bertz CT molecular complexity index is 786. The van der Waals surface area contributed by atoms with Crippen molar-refractivity contribution in [1.82, 2.24) is 0 Å². The Morgan fingerprint density at radius 1 is 0.905 bits per heavy atom. The predicted molar refractivity (Wildman–Crippen MR) is 88.1 cm³/mol. The molecule has 3 N–H and O–H groups in total. The minimum atomic E-state index is -3.99. The van der Waals surface area contributed by atoms with E-state index >= 15 is 0 Å². The first kappa shape index (κ1) is 16.5. The number of rotatable bonds is 3. The Kier molecular flexibility index (Phi) is 4.80. The molecule has 112 valence electrons. The fourth-order valence-corrected chi connectivity index (χ4v) is 4.36. The molecule has 0 aliphatic carbocycles. The van der Waals surface area contributed by atoms with Gasteiger partial charge in [0.2, 0.25) is 0 Å². The standard InChI is InChI=1S/C12H8Cl4N2O2S/c13-6-3-9(15)12(10(16)4-6)21(19,20)18-7-1-2-11(17)8(14)5-7/h1-5,18H,17H2. The summed E-state index contributed by atoms with van der Waals surface area (Å²) in [6.45, 7) is 0. The van der Waals surface area contributed by atoms with Crippen LogP contribution in [0.25, 0.3) is 0 Å². The van der Waals surface area contributed by atoms with E-state index < -0.39 is 10.0 Å². The number of benzene rings is 2. The molecule has 4 nitrogen and oxygen atoms in total. The van der Waals surface area contributed by atoms with Gasteiger partial charge in [-0.15, -0.1) is 0 Å². The highest BCUT2D eigenvalue weighted by molar-refractivity contribution is 7.93. The van der Waals surface area contributed by atoms with Crippen molar-refractivity contribution in [3.8, 4) is 0 Å². The van der Waals surface area contributed by atoms with Crippen molar-refractivity contribution < 1.29 is 8.42 Å². The van der Waals surface area contributed by atoms with Crippen LogP contribution in [0.1, 0.15) is 0 Å². The summed E-state index contributed by atoms with van der Waals surface area (Å²) in [5, 5.41) is 0.297. The molecule has 0 radical (unpaired) electrons. The largest absolute Gasteiger partial charge is 0.398 e. The molecular weight excluding hydrogens is 378 g/mol. The van der Waals surface area contributed by atoms with Crippen LogP contribution >= 0.6 is 46.4 Å². The van der Waals surface area contributed by atoms with E-state index in [0.717, 1.165) is 0 Å². The van der Waals surface area contributed by atoms with Gasteiger partial charge in [0.05, 0.1) is 26.4 Å². The topological polar surface area (TPSA) is 72.2 Å². The lowest BCUT2D eigenvalue weighted by Gasteiger charge is -2.12. The van der Waals surface area contributed by atoms with Crippen molar-refractivity contribution in [3.63, 3.8) is 0 Å². The van der Waals surface area contributed by atoms with Crippen LogP contribution in [0.3, 0.4) is 0 Å². The van der Waals surface area contributed by atoms with Crippen molar-refractivity contribution >= 4 is 67.8 Å². The molecule has 0 saturated carbocycles. The SMILES string of the molecule is Nc1ccc(NS(=O)(=O)c2c(Cl)cc(Cl)cc2Cl)cc1Cl. The maximum atomic E-state index is 12.4. The zero-order valence-corrected chi connectivity index (χ0v) is 14.0. The van der Waals surface area contributed by atoms with Gasteiger partial charge in [-0.1, -0.05) is 46.4 Å². The first-order chi connectivity index (χ1) is 9.70. The molecule has 9 heteroatoms. The summed E-state index contributed by atoms with van der Waals surface area (Å²) in [4.78, 5) is -0.261. The second kappa shape index (κ2) is 6.10. The molecule has 0 spiro atoms. The minimum Gasteiger partial charge on any atom is -0.398 e. The van der Waals surface area contributed by atoms with Gasteiger partial charge in [0.1, 0.15) is 4.90 Å². The zero-order valence-electron chi connectivity index (χ0n) is 10.2. The Balaban J connectivity index is 2.46. The van der Waals surface area contributed by atoms with Crippen LogP contribution < -0.4 is 10.5 Å². The number of hydrogen-bond donors (Lipinski definition) is 2. The average Bonchev–Trinajstić information content (AvgIpc) is 2.31. The second-order valence-corrected chi connectivity index (χ2v) is 7.32. The molecule has 21 heavy (non-hydrogen) atoms. The van der Waals surface area contributed by atoms with E-state index in [0.29, 0.717) is 5.69 Å². The van der Waals surface area contributed by atoms with Crippen molar-refractivity contribution in [3.05, 3.63) is 50.4 Å². The van der Waals surface area contributed by atoms with E-state index in [1.54, 1.807) is 0 Å². The highest BCUT2D eigenvalue weighted by Crippen LogP contribution is 2.34. The molecule has 0 saturated heterocycles. The first-order valence-corrected chi connectivity index (χ1v) is 8.42. The number of nitrogen functional groups attached to an aromatic ring is 1. The second-order valence-electron chi connectivity index (χ2n) is 4.04. The van der Waals surface area contributed by atoms with Crippen molar-refractivity contribution in [1.29, 1.82) is 0 Å². The van der Waals surface area contributed by atoms with Gasteiger partial charge in [-0.25, -0.2) is 8.42 Å². The zero-order chi connectivity index (χ0) is 15.8. The average molecular weight is 386 g/mol. The molecular formula is C12H8Cl4N2O2S. The molecule has 0 heterocycles. The van der Waals surface area contributed by atoms with Crippen molar-refractivity contribution in [2.45, 2.75) is 4.90 Å². The van der Waals surface area contributed by atoms with Gasteiger partial charge in [0.15, 0.2) is 0 Å². The monoisotopic (exact) mass is 384 g/mol. The molecule has 2 aromatic carbocycles.